The topological polar surface area (TPSA) is 38.8 Å². The molecule has 4 nitrogen and oxygen atoms in total. The van der Waals surface area contributed by atoms with Crippen molar-refractivity contribution in [2.75, 3.05) is 20.8 Å². The Kier molecular flexibility index (Phi) is 4.31. The van der Waals surface area contributed by atoms with Gasteiger partial charge in [0.1, 0.15) is 5.75 Å². The molecule has 1 aliphatic heterocycles. The molecule has 1 aliphatic rings. The Morgan fingerprint density at radius 3 is 2.56 bits per heavy atom. The second-order valence-corrected chi connectivity index (χ2v) is 5.79. The van der Waals surface area contributed by atoms with Crippen LogP contribution in [-0.4, -0.2) is 35.7 Å². The highest BCUT2D eigenvalue weighted by molar-refractivity contribution is 14.1. The van der Waals surface area contributed by atoms with Crippen LogP contribution in [0.25, 0.3) is 0 Å². The Balaban J connectivity index is 2.24. The summed E-state index contributed by atoms with van der Waals surface area (Å²) in [5, 5.41) is 0. The van der Waals surface area contributed by atoms with Crippen LogP contribution in [-0.2, 0) is 4.74 Å². The molecule has 2 rings (SSSR count). The first-order valence-corrected chi connectivity index (χ1v) is 7.04. The summed E-state index contributed by atoms with van der Waals surface area (Å²) in [5.41, 5.74) is 1.12. The van der Waals surface area contributed by atoms with E-state index in [-0.39, 0.29) is 12.1 Å². The average molecular weight is 361 g/mol. The predicted molar refractivity (Wildman–Crippen MR) is 77.3 cm³/mol. The minimum absolute atomic E-state index is 0.0870. The zero-order chi connectivity index (χ0) is 13.1. The second kappa shape index (κ2) is 5.77. The number of ether oxygens (including phenoxy) is 2. The summed E-state index contributed by atoms with van der Waals surface area (Å²) in [5.74, 6) is 0.825. The zero-order valence-electron chi connectivity index (χ0n) is 10.4. The smallest absolute Gasteiger partial charge is 0.410 e. The first-order chi connectivity index (χ1) is 8.67. The fourth-order valence-corrected chi connectivity index (χ4v) is 3.35. The molecule has 0 aromatic heterocycles. The van der Waals surface area contributed by atoms with Crippen LogP contribution in [0, 0.1) is 0 Å². The fourth-order valence-electron chi connectivity index (χ4n) is 2.27. The van der Waals surface area contributed by atoms with Crippen LogP contribution < -0.4 is 4.74 Å². The maximum absolute atomic E-state index is 11.7. The van der Waals surface area contributed by atoms with Crippen molar-refractivity contribution in [3.05, 3.63) is 29.8 Å². The van der Waals surface area contributed by atoms with E-state index in [1.807, 2.05) is 24.3 Å². The molecule has 0 spiro atoms. The first-order valence-electron chi connectivity index (χ1n) is 5.80. The van der Waals surface area contributed by atoms with Gasteiger partial charge in [0.15, 0.2) is 0 Å². The van der Waals surface area contributed by atoms with Crippen molar-refractivity contribution in [3.8, 4) is 5.75 Å². The molecule has 1 fully saturated rings. The van der Waals surface area contributed by atoms with Gasteiger partial charge in [-0.2, -0.15) is 0 Å². The first kappa shape index (κ1) is 13.5. The van der Waals surface area contributed by atoms with Crippen molar-refractivity contribution in [1.29, 1.82) is 0 Å². The molecule has 0 saturated carbocycles. The van der Waals surface area contributed by atoms with Crippen LogP contribution >= 0.6 is 22.6 Å². The largest absolute Gasteiger partial charge is 0.497 e. The molecule has 0 aliphatic carbocycles. The monoisotopic (exact) mass is 361 g/mol. The second-order valence-electron chi connectivity index (χ2n) is 4.19. The fraction of sp³-hybridized carbons (Fsp3) is 0.462. The Morgan fingerprint density at radius 2 is 2.00 bits per heavy atom. The number of hydrogen-bond donors (Lipinski definition) is 0. The van der Waals surface area contributed by atoms with Crippen LogP contribution in [0.1, 0.15) is 18.0 Å². The Labute approximate surface area is 120 Å². The van der Waals surface area contributed by atoms with E-state index < -0.39 is 0 Å². The van der Waals surface area contributed by atoms with Crippen LogP contribution in [0.15, 0.2) is 24.3 Å². The van der Waals surface area contributed by atoms with Gasteiger partial charge in [-0.1, -0.05) is 34.7 Å². The van der Waals surface area contributed by atoms with Gasteiger partial charge in [-0.15, -0.1) is 0 Å². The summed E-state index contributed by atoms with van der Waals surface area (Å²) in [7, 11) is 3.07. The summed E-state index contributed by atoms with van der Waals surface area (Å²) >= 11 is 2.40. The predicted octanol–water partition coefficient (Wildman–Crippen LogP) is 3.01. The molecule has 18 heavy (non-hydrogen) atoms. The molecule has 2 unspecified atom stereocenters. The third kappa shape index (κ3) is 2.55. The molecule has 1 amide bonds. The Bertz CT molecular complexity index is 421. The minimum Gasteiger partial charge on any atom is -0.497 e. The van der Waals surface area contributed by atoms with E-state index in [2.05, 4.69) is 22.6 Å². The van der Waals surface area contributed by atoms with E-state index in [4.69, 9.17) is 9.47 Å². The van der Waals surface area contributed by atoms with Crippen LogP contribution in [0.5, 0.6) is 5.75 Å². The van der Waals surface area contributed by atoms with Crippen molar-refractivity contribution in [2.45, 2.75) is 16.4 Å². The third-order valence-corrected chi connectivity index (χ3v) is 4.49. The van der Waals surface area contributed by atoms with Gasteiger partial charge in [0.2, 0.25) is 0 Å². The number of amides is 1. The summed E-state index contributed by atoms with van der Waals surface area (Å²) < 4.78 is 10.4. The summed E-state index contributed by atoms with van der Waals surface area (Å²) in [6.07, 6.45) is 0.738. The van der Waals surface area contributed by atoms with E-state index in [0.717, 1.165) is 24.3 Å². The standard InChI is InChI=1S/C13H16INO3/c1-17-10-5-3-9(4-6-10)12-11(14)7-8-15(12)13(16)18-2/h3-6,11-12H,7-8H2,1-2H3. The van der Waals surface area contributed by atoms with Crippen molar-refractivity contribution >= 4 is 28.7 Å². The Hall–Kier alpha value is -0.980. The van der Waals surface area contributed by atoms with Gasteiger partial charge >= 0.3 is 6.09 Å². The van der Waals surface area contributed by atoms with Crippen LogP contribution in [0.4, 0.5) is 4.79 Å². The quantitative estimate of drug-likeness (QED) is 0.601. The molecule has 98 valence electrons. The number of benzene rings is 1. The highest BCUT2D eigenvalue weighted by atomic mass is 127. The van der Waals surface area contributed by atoms with Crippen LogP contribution in [0.3, 0.4) is 0 Å². The molecule has 5 heteroatoms. The summed E-state index contributed by atoms with van der Waals surface area (Å²) in [6, 6.07) is 7.95. The number of carbonyl (C=O) groups excluding carboxylic acids is 1. The molecular formula is C13H16INO3. The van der Waals surface area contributed by atoms with Gasteiger partial charge in [0.05, 0.1) is 20.3 Å². The molecule has 1 aromatic rings. The number of hydrogen-bond acceptors (Lipinski definition) is 3. The molecule has 0 radical (unpaired) electrons. The third-order valence-electron chi connectivity index (χ3n) is 3.19. The van der Waals surface area contributed by atoms with Gasteiger partial charge in [0.25, 0.3) is 0 Å². The van der Waals surface area contributed by atoms with Gasteiger partial charge in [-0.05, 0) is 24.1 Å². The highest BCUT2D eigenvalue weighted by Crippen LogP contribution is 2.38. The number of halogens is 1. The maximum Gasteiger partial charge on any atom is 0.410 e. The minimum atomic E-state index is -0.255. The zero-order valence-corrected chi connectivity index (χ0v) is 12.6. The van der Waals surface area contributed by atoms with Crippen LogP contribution in [0.2, 0.25) is 0 Å². The highest BCUT2D eigenvalue weighted by Gasteiger charge is 2.37. The van der Waals surface area contributed by atoms with Gasteiger partial charge in [-0.3, -0.25) is 0 Å². The number of nitrogens with zero attached hydrogens (tertiary/aromatic N) is 1. The van der Waals surface area contributed by atoms with E-state index in [0.29, 0.717) is 3.92 Å². The SMILES string of the molecule is COC(=O)N1CCC(I)C1c1ccc(OC)cc1. The van der Waals surface area contributed by atoms with Gasteiger partial charge in [0, 0.05) is 10.5 Å². The van der Waals surface area contributed by atoms with Gasteiger partial charge in [-0.25, -0.2) is 4.79 Å². The molecule has 2 atom stereocenters. The lowest BCUT2D eigenvalue weighted by Gasteiger charge is -2.25. The summed E-state index contributed by atoms with van der Waals surface area (Å²) in [6.45, 7) is 0.747. The van der Waals surface area contributed by atoms with Crippen molar-refractivity contribution in [3.63, 3.8) is 0 Å². The summed E-state index contributed by atoms with van der Waals surface area (Å²) in [4.78, 5) is 13.5. The van der Waals surface area contributed by atoms with Crippen molar-refractivity contribution in [1.82, 2.24) is 4.90 Å². The van der Waals surface area contributed by atoms with E-state index in [1.165, 1.54) is 7.11 Å². The van der Waals surface area contributed by atoms with Crippen molar-refractivity contribution in [2.24, 2.45) is 0 Å². The van der Waals surface area contributed by atoms with Gasteiger partial charge < -0.3 is 14.4 Å². The van der Waals surface area contributed by atoms with E-state index >= 15 is 0 Å². The lowest BCUT2D eigenvalue weighted by atomic mass is 10.0. The lowest BCUT2D eigenvalue weighted by molar-refractivity contribution is 0.119. The molecule has 1 saturated heterocycles. The molecular weight excluding hydrogens is 345 g/mol. The number of carbonyl (C=O) groups is 1. The number of rotatable bonds is 2. The number of methoxy groups -OCH3 is 2. The van der Waals surface area contributed by atoms with E-state index in [1.54, 1.807) is 12.0 Å². The van der Waals surface area contributed by atoms with E-state index in [9.17, 15) is 4.79 Å². The Morgan fingerprint density at radius 1 is 1.33 bits per heavy atom. The lowest BCUT2D eigenvalue weighted by Crippen LogP contribution is -2.32. The molecule has 0 N–H and O–H groups in total. The maximum atomic E-state index is 11.7. The molecule has 1 heterocycles. The molecule has 0 bridgehead atoms. The number of likely N-dealkylation sites (tertiary alicyclic amines) is 1. The normalized spacial score (nSPS) is 22.9. The molecule has 1 aromatic carbocycles. The number of alkyl halides is 1. The average Bonchev–Trinajstić information content (AvgIpc) is 2.80. The van der Waals surface area contributed by atoms with Crippen molar-refractivity contribution < 1.29 is 14.3 Å².